The van der Waals surface area contributed by atoms with Crippen LogP contribution in [-0.4, -0.2) is 14.7 Å². The minimum absolute atomic E-state index is 0.0171. The monoisotopic (exact) mass is 368 g/mol. The Hall–Kier alpha value is -3.17. The van der Waals surface area contributed by atoms with Gasteiger partial charge in [-0.3, -0.25) is 0 Å². The molecule has 0 aliphatic rings. The Labute approximate surface area is 165 Å². The summed E-state index contributed by atoms with van der Waals surface area (Å²) in [6, 6.07) is 31.0. The summed E-state index contributed by atoms with van der Waals surface area (Å²) < 4.78 is 2.18. The second kappa shape index (κ2) is 8.68. The molecule has 1 aromatic heterocycles. The third-order valence-corrected chi connectivity index (χ3v) is 4.99. The third kappa shape index (κ3) is 4.21. The van der Waals surface area contributed by atoms with Crippen LogP contribution in [0, 0.1) is 0 Å². The summed E-state index contributed by atoms with van der Waals surface area (Å²) in [5.74, 6) is 0.991. The van der Waals surface area contributed by atoms with Gasteiger partial charge in [0.15, 0.2) is 0 Å². The van der Waals surface area contributed by atoms with E-state index >= 15 is 0 Å². The molecule has 3 nitrogen and oxygen atoms in total. The normalized spacial score (nSPS) is 10.9. The van der Waals surface area contributed by atoms with Gasteiger partial charge in [-0.15, -0.1) is 0 Å². The van der Waals surface area contributed by atoms with Crippen molar-refractivity contribution in [3.63, 3.8) is 0 Å². The van der Waals surface area contributed by atoms with E-state index in [2.05, 4.69) is 53.1 Å². The summed E-state index contributed by atoms with van der Waals surface area (Å²) in [7, 11) is 0. The lowest BCUT2D eigenvalue weighted by Gasteiger charge is -2.12. The maximum absolute atomic E-state index is 10.2. The van der Waals surface area contributed by atoms with Crippen LogP contribution in [0.25, 0.3) is 0 Å². The Morgan fingerprint density at radius 1 is 0.643 bits per heavy atom. The van der Waals surface area contributed by atoms with E-state index in [9.17, 15) is 5.11 Å². The number of hydrogen-bond acceptors (Lipinski definition) is 2. The largest absolute Gasteiger partial charge is 0.390 e. The van der Waals surface area contributed by atoms with Gasteiger partial charge >= 0.3 is 0 Å². The second-order valence-electron chi connectivity index (χ2n) is 6.98. The van der Waals surface area contributed by atoms with E-state index in [-0.39, 0.29) is 6.61 Å². The van der Waals surface area contributed by atoms with Crippen LogP contribution in [0.4, 0.5) is 0 Å². The molecule has 4 aromatic rings. The molecule has 0 amide bonds. The van der Waals surface area contributed by atoms with Crippen molar-refractivity contribution >= 4 is 0 Å². The molecule has 0 spiro atoms. The van der Waals surface area contributed by atoms with E-state index in [0.717, 1.165) is 30.1 Å². The van der Waals surface area contributed by atoms with Crippen LogP contribution < -0.4 is 0 Å². The standard InChI is InChI=1S/C25H24N2O/c28-19-24-23(16-20-10-4-1-5-11-20)26-25(17-21-12-6-2-7-13-21)27(24)18-22-14-8-3-9-15-22/h1-15,28H,16-19H2. The molecule has 0 fully saturated rings. The topological polar surface area (TPSA) is 38.1 Å². The molecule has 0 aliphatic carbocycles. The van der Waals surface area contributed by atoms with Gasteiger partial charge in [0.25, 0.3) is 0 Å². The highest BCUT2D eigenvalue weighted by Gasteiger charge is 2.17. The minimum atomic E-state index is -0.0171. The van der Waals surface area contributed by atoms with Crippen molar-refractivity contribution < 1.29 is 5.11 Å². The van der Waals surface area contributed by atoms with Crippen LogP contribution in [0.2, 0.25) is 0 Å². The molecule has 3 aromatic carbocycles. The molecule has 1 heterocycles. The zero-order valence-corrected chi connectivity index (χ0v) is 15.8. The number of aliphatic hydroxyl groups is 1. The van der Waals surface area contributed by atoms with Gasteiger partial charge in [-0.1, -0.05) is 91.0 Å². The van der Waals surface area contributed by atoms with E-state index < -0.39 is 0 Å². The predicted molar refractivity (Wildman–Crippen MR) is 112 cm³/mol. The zero-order chi connectivity index (χ0) is 19.2. The van der Waals surface area contributed by atoms with Crippen LogP contribution in [0.3, 0.4) is 0 Å². The SMILES string of the molecule is OCc1c(Cc2ccccc2)nc(Cc2ccccc2)n1Cc1ccccc1. The van der Waals surface area contributed by atoms with E-state index in [0.29, 0.717) is 6.54 Å². The summed E-state index contributed by atoms with van der Waals surface area (Å²) in [4.78, 5) is 4.97. The number of benzene rings is 3. The van der Waals surface area contributed by atoms with Gasteiger partial charge in [0.05, 0.1) is 18.0 Å². The van der Waals surface area contributed by atoms with Crippen LogP contribution in [0.5, 0.6) is 0 Å². The number of aliphatic hydroxyl groups excluding tert-OH is 1. The molecule has 1 N–H and O–H groups in total. The van der Waals surface area contributed by atoms with Gasteiger partial charge in [0, 0.05) is 19.4 Å². The van der Waals surface area contributed by atoms with Gasteiger partial charge in [-0.25, -0.2) is 4.98 Å². The Morgan fingerprint density at radius 3 is 1.68 bits per heavy atom. The van der Waals surface area contributed by atoms with Gasteiger partial charge < -0.3 is 9.67 Å². The summed E-state index contributed by atoms with van der Waals surface area (Å²) >= 11 is 0. The van der Waals surface area contributed by atoms with Crippen molar-refractivity contribution in [2.24, 2.45) is 0 Å². The molecule has 0 saturated heterocycles. The maximum Gasteiger partial charge on any atom is 0.114 e. The highest BCUT2D eigenvalue weighted by atomic mass is 16.3. The fourth-order valence-corrected chi connectivity index (χ4v) is 3.57. The summed E-state index contributed by atoms with van der Waals surface area (Å²) in [6.07, 6.45) is 1.47. The number of aromatic nitrogens is 2. The van der Waals surface area contributed by atoms with E-state index in [1.807, 2.05) is 42.5 Å². The first kappa shape index (κ1) is 18.2. The first-order valence-electron chi connectivity index (χ1n) is 9.63. The predicted octanol–water partition coefficient (Wildman–Crippen LogP) is 4.61. The van der Waals surface area contributed by atoms with Crippen LogP contribution in [0.1, 0.15) is 33.9 Å². The third-order valence-electron chi connectivity index (χ3n) is 4.99. The molecule has 4 rings (SSSR count). The molecule has 0 unspecified atom stereocenters. The van der Waals surface area contributed by atoms with E-state index in [1.54, 1.807) is 0 Å². The quantitative estimate of drug-likeness (QED) is 0.517. The molecule has 3 heteroatoms. The lowest BCUT2D eigenvalue weighted by atomic mass is 10.1. The smallest absolute Gasteiger partial charge is 0.114 e. The molecule has 0 saturated carbocycles. The van der Waals surface area contributed by atoms with Crippen molar-refractivity contribution in [2.45, 2.75) is 26.0 Å². The fourth-order valence-electron chi connectivity index (χ4n) is 3.57. The first-order valence-corrected chi connectivity index (χ1v) is 9.63. The molecule has 140 valence electrons. The van der Waals surface area contributed by atoms with Gasteiger partial charge in [-0.2, -0.15) is 0 Å². The molecule has 28 heavy (non-hydrogen) atoms. The van der Waals surface area contributed by atoms with Gasteiger partial charge in [-0.05, 0) is 16.7 Å². The van der Waals surface area contributed by atoms with Crippen molar-refractivity contribution in [1.82, 2.24) is 9.55 Å². The summed E-state index contributed by atoms with van der Waals surface area (Å²) in [6.45, 7) is 0.692. The molecule has 0 aliphatic heterocycles. The number of nitrogens with zero attached hydrogens (tertiary/aromatic N) is 2. The van der Waals surface area contributed by atoms with Crippen LogP contribution in [-0.2, 0) is 26.0 Å². The highest BCUT2D eigenvalue weighted by molar-refractivity contribution is 5.30. The van der Waals surface area contributed by atoms with Gasteiger partial charge in [0.1, 0.15) is 5.82 Å². The van der Waals surface area contributed by atoms with Crippen molar-refractivity contribution in [3.8, 4) is 0 Å². The Balaban J connectivity index is 1.73. The van der Waals surface area contributed by atoms with Crippen molar-refractivity contribution in [3.05, 3.63) is 125 Å². The molecular formula is C25H24N2O. The number of imidazole rings is 1. The maximum atomic E-state index is 10.2. The van der Waals surface area contributed by atoms with Crippen LogP contribution in [0.15, 0.2) is 91.0 Å². The minimum Gasteiger partial charge on any atom is -0.390 e. The fraction of sp³-hybridized carbons (Fsp3) is 0.160. The number of rotatable bonds is 7. The van der Waals surface area contributed by atoms with Crippen LogP contribution >= 0.6 is 0 Å². The Morgan fingerprint density at radius 2 is 1.14 bits per heavy atom. The van der Waals surface area contributed by atoms with Crippen molar-refractivity contribution in [2.75, 3.05) is 0 Å². The second-order valence-corrected chi connectivity index (χ2v) is 6.98. The highest BCUT2D eigenvalue weighted by Crippen LogP contribution is 2.21. The molecular weight excluding hydrogens is 344 g/mol. The Bertz CT molecular complexity index is 1010. The average molecular weight is 368 g/mol. The lowest BCUT2D eigenvalue weighted by Crippen LogP contribution is -2.10. The lowest BCUT2D eigenvalue weighted by molar-refractivity contribution is 0.270. The zero-order valence-electron chi connectivity index (χ0n) is 15.8. The average Bonchev–Trinajstić information content (AvgIpc) is 3.06. The van der Waals surface area contributed by atoms with E-state index in [1.165, 1.54) is 16.7 Å². The van der Waals surface area contributed by atoms with Crippen molar-refractivity contribution in [1.29, 1.82) is 0 Å². The Kier molecular flexibility index (Phi) is 5.64. The van der Waals surface area contributed by atoms with E-state index in [4.69, 9.17) is 4.98 Å². The number of hydrogen-bond donors (Lipinski definition) is 1. The summed E-state index contributed by atoms with van der Waals surface area (Å²) in [5.41, 5.74) is 5.48. The summed E-state index contributed by atoms with van der Waals surface area (Å²) in [5, 5.41) is 10.2. The molecule has 0 atom stereocenters. The molecule has 0 radical (unpaired) electrons. The molecule has 0 bridgehead atoms. The van der Waals surface area contributed by atoms with Gasteiger partial charge in [0.2, 0.25) is 0 Å². The first-order chi connectivity index (χ1) is 13.8.